The van der Waals surface area contributed by atoms with Crippen LogP contribution in [0.4, 0.5) is 5.69 Å². The molecule has 106 valence electrons. The summed E-state index contributed by atoms with van der Waals surface area (Å²) in [6, 6.07) is 4.15. The number of carbonyl (C=O) groups is 1. The molecule has 0 spiro atoms. The number of pyridine rings is 1. The lowest BCUT2D eigenvalue weighted by Gasteiger charge is -2.35. The molecule has 0 unspecified atom stereocenters. The maximum Gasteiger partial charge on any atom is 0.317 e. The molecule has 20 heavy (non-hydrogen) atoms. The number of aromatic nitrogens is 1. The molecule has 1 aromatic rings. The van der Waals surface area contributed by atoms with Gasteiger partial charge in [-0.05, 0) is 19.9 Å². The second-order valence-corrected chi connectivity index (χ2v) is 5.01. The molecule has 1 aromatic heterocycles. The van der Waals surface area contributed by atoms with Gasteiger partial charge in [-0.1, -0.05) is 0 Å². The monoisotopic (exact) mass is 274 g/mol. The highest BCUT2D eigenvalue weighted by atomic mass is 16.4. The van der Waals surface area contributed by atoms with Gasteiger partial charge in [-0.25, -0.2) is 0 Å². The summed E-state index contributed by atoms with van der Waals surface area (Å²) < 4.78 is 0. The van der Waals surface area contributed by atoms with E-state index in [1.54, 1.807) is 0 Å². The molecule has 0 bridgehead atoms. The van der Waals surface area contributed by atoms with Crippen molar-refractivity contribution in [1.82, 2.24) is 9.88 Å². The molecule has 0 amide bonds. The first kappa shape index (κ1) is 14.3. The molecule has 6 nitrogen and oxygen atoms in total. The van der Waals surface area contributed by atoms with E-state index in [1.165, 1.54) is 0 Å². The van der Waals surface area contributed by atoms with Gasteiger partial charge in [0.05, 0.1) is 23.5 Å². The number of aryl methyl sites for hydroxylation is 2. The Morgan fingerprint density at radius 2 is 2.05 bits per heavy atom. The Morgan fingerprint density at radius 1 is 1.40 bits per heavy atom. The third-order valence-corrected chi connectivity index (χ3v) is 3.49. The van der Waals surface area contributed by atoms with Gasteiger partial charge in [0.2, 0.25) is 0 Å². The Morgan fingerprint density at radius 3 is 2.60 bits per heavy atom. The van der Waals surface area contributed by atoms with Crippen LogP contribution in [0.3, 0.4) is 0 Å². The number of carboxylic acids is 1. The molecule has 0 saturated carbocycles. The first-order chi connectivity index (χ1) is 9.51. The molecular weight excluding hydrogens is 256 g/mol. The standard InChI is InChI=1S/C14H18N4O2/c1-10-7-13(12(8-15)11(2)16-10)18-5-3-17(4-6-18)9-14(19)20/h7H,3-6,9H2,1-2H3,(H,19,20). The lowest BCUT2D eigenvalue weighted by molar-refractivity contribution is -0.138. The number of aliphatic carboxylic acids is 1. The van der Waals surface area contributed by atoms with E-state index in [1.807, 2.05) is 24.8 Å². The van der Waals surface area contributed by atoms with Gasteiger partial charge in [-0.3, -0.25) is 14.7 Å². The van der Waals surface area contributed by atoms with Gasteiger partial charge in [0.15, 0.2) is 0 Å². The third-order valence-electron chi connectivity index (χ3n) is 3.49. The summed E-state index contributed by atoms with van der Waals surface area (Å²) in [7, 11) is 0. The molecule has 1 aliphatic heterocycles. The van der Waals surface area contributed by atoms with Crippen molar-refractivity contribution in [2.45, 2.75) is 13.8 Å². The lowest BCUT2D eigenvalue weighted by Crippen LogP contribution is -2.48. The number of carboxylic acid groups (broad SMARTS) is 1. The Labute approximate surface area is 118 Å². The number of nitriles is 1. The Balaban J connectivity index is 2.15. The predicted octanol–water partition coefficient (Wildman–Crippen LogP) is 0.777. The summed E-state index contributed by atoms with van der Waals surface area (Å²) in [5.41, 5.74) is 3.16. The van der Waals surface area contributed by atoms with Crippen LogP contribution in [0.5, 0.6) is 0 Å². The number of anilines is 1. The molecule has 0 aromatic carbocycles. The van der Waals surface area contributed by atoms with Crippen LogP contribution in [-0.2, 0) is 4.79 Å². The molecule has 2 heterocycles. The van der Waals surface area contributed by atoms with E-state index in [0.29, 0.717) is 18.7 Å². The van der Waals surface area contributed by atoms with Crippen molar-refractivity contribution >= 4 is 11.7 Å². The first-order valence-electron chi connectivity index (χ1n) is 6.58. The number of rotatable bonds is 3. The van der Waals surface area contributed by atoms with E-state index in [0.717, 1.165) is 30.2 Å². The Kier molecular flexibility index (Phi) is 4.20. The number of nitrogens with zero attached hydrogens (tertiary/aromatic N) is 4. The lowest BCUT2D eigenvalue weighted by atomic mass is 10.1. The molecule has 1 saturated heterocycles. The second-order valence-electron chi connectivity index (χ2n) is 5.01. The van der Waals surface area contributed by atoms with Crippen LogP contribution in [-0.4, -0.2) is 53.7 Å². The van der Waals surface area contributed by atoms with Gasteiger partial charge in [-0.2, -0.15) is 5.26 Å². The van der Waals surface area contributed by atoms with Crippen LogP contribution in [0.25, 0.3) is 0 Å². The minimum absolute atomic E-state index is 0.0767. The molecule has 1 fully saturated rings. The van der Waals surface area contributed by atoms with Gasteiger partial charge in [0, 0.05) is 31.9 Å². The predicted molar refractivity (Wildman–Crippen MR) is 74.7 cm³/mol. The number of hydrogen-bond donors (Lipinski definition) is 1. The zero-order valence-corrected chi connectivity index (χ0v) is 11.8. The fraction of sp³-hybridized carbons (Fsp3) is 0.500. The van der Waals surface area contributed by atoms with Gasteiger partial charge in [0.25, 0.3) is 0 Å². The van der Waals surface area contributed by atoms with Crippen LogP contribution in [0.2, 0.25) is 0 Å². The molecule has 0 aliphatic carbocycles. The minimum Gasteiger partial charge on any atom is -0.480 e. The smallest absolute Gasteiger partial charge is 0.317 e. The molecular formula is C14H18N4O2. The average Bonchev–Trinajstić information content (AvgIpc) is 2.38. The maximum atomic E-state index is 10.7. The topological polar surface area (TPSA) is 80.5 Å². The zero-order chi connectivity index (χ0) is 14.7. The Bertz CT molecular complexity index is 557. The molecule has 1 N–H and O–H groups in total. The average molecular weight is 274 g/mol. The van der Waals surface area contributed by atoms with Crippen LogP contribution >= 0.6 is 0 Å². The second kappa shape index (κ2) is 5.88. The van der Waals surface area contributed by atoms with E-state index in [2.05, 4.69) is 16.0 Å². The van der Waals surface area contributed by atoms with Crippen molar-refractivity contribution in [1.29, 1.82) is 5.26 Å². The third kappa shape index (κ3) is 3.06. The maximum absolute atomic E-state index is 10.7. The van der Waals surface area contributed by atoms with Gasteiger partial charge >= 0.3 is 5.97 Å². The van der Waals surface area contributed by atoms with Gasteiger partial charge < -0.3 is 10.0 Å². The summed E-state index contributed by atoms with van der Waals surface area (Å²) in [5.74, 6) is -0.799. The molecule has 6 heteroatoms. The molecule has 1 aliphatic rings. The van der Waals surface area contributed by atoms with Crippen molar-refractivity contribution in [3.8, 4) is 6.07 Å². The van der Waals surface area contributed by atoms with Crippen LogP contribution in [0, 0.1) is 25.2 Å². The van der Waals surface area contributed by atoms with Crippen molar-refractivity contribution < 1.29 is 9.90 Å². The summed E-state index contributed by atoms with van der Waals surface area (Å²) in [6.45, 7) is 6.67. The van der Waals surface area contributed by atoms with Gasteiger partial charge in [0.1, 0.15) is 6.07 Å². The largest absolute Gasteiger partial charge is 0.480 e. The van der Waals surface area contributed by atoms with Crippen LogP contribution < -0.4 is 4.90 Å². The molecule has 0 radical (unpaired) electrons. The minimum atomic E-state index is -0.799. The highest BCUT2D eigenvalue weighted by molar-refractivity contribution is 5.69. The van der Waals surface area contributed by atoms with E-state index in [-0.39, 0.29) is 6.54 Å². The fourth-order valence-corrected chi connectivity index (χ4v) is 2.53. The van der Waals surface area contributed by atoms with E-state index < -0.39 is 5.97 Å². The molecule has 2 rings (SSSR count). The van der Waals surface area contributed by atoms with Crippen LogP contribution in [0.1, 0.15) is 17.0 Å². The quantitative estimate of drug-likeness (QED) is 0.877. The first-order valence-corrected chi connectivity index (χ1v) is 6.58. The van der Waals surface area contributed by atoms with Crippen molar-refractivity contribution in [3.05, 3.63) is 23.0 Å². The van der Waals surface area contributed by atoms with E-state index in [4.69, 9.17) is 5.11 Å². The zero-order valence-electron chi connectivity index (χ0n) is 11.8. The van der Waals surface area contributed by atoms with E-state index in [9.17, 15) is 10.1 Å². The van der Waals surface area contributed by atoms with Crippen molar-refractivity contribution in [2.75, 3.05) is 37.6 Å². The highest BCUT2D eigenvalue weighted by Gasteiger charge is 2.21. The van der Waals surface area contributed by atoms with Crippen LogP contribution in [0.15, 0.2) is 6.07 Å². The highest BCUT2D eigenvalue weighted by Crippen LogP contribution is 2.24. The van der Waals surface area contributed by atoms with Crippen molar-refractivity contribution in [3.63, 3.8) is 0 Å². The molecule has 0 atom stereocenters. The van der Waals surface area contributed by atoms with Gasteiger partial charge in [-0.15, -0.1) is 0 Å². The summed E-state index contributed by atoms with van der Waals surface area (Å²) in [6.07, 6.45) is 0. The summed E-state index contributed by atoms with van der Waals surface area (Å²) in [5, 5.41) is 18.1. The normalized spacial score (nSPS) is 15.9. The summed E-state index contributed by atoms with van der Waals surface area (Å²) in [4.78, 5) is 19.1. The number of hydrogen-bond acceptors (Lipinski definition) is 5. The fourth-order valence-electron chi connectivity index (χ4n) is 2.53. The Hall–Kier alpha value is -2.13. The number of piperazine rings is 1. The van der Waals surface area contributed by atoms with E-state index >= 15 is 0 Å². The van der Waals surface area contributed by atoms with Crippen molar-refractivity contribution in [2.24, 2.45) is 0 Å². The summed E-state index contributed by atoms with van der Waals surface area (Å²) >= 11 is 0. The SMILES string of the molecule is Cc1cc(N2CCN(CC(=O)O)CC2)c(C#N)c(C)n1.